The van der Waals surface area contributed by atoms with Crippen LogP contribution >= 0.6 is 0 Å². The lowest BCUT2D eigenvalue weighted by Crippen LogP contribution is -2.24. The molecule has 1 N–H and O–H groups in total. The number of nitrogens with one attached hydrogen (secondary N) is 1. The topological polar surface area (TPSA) is 37.4 Å². The number of likely N-dealkylation sites (N-methyl/N-ethyl adjacent to an activating group) is 1. The summed E-state index contributed by atoms with van der Waals surface area (Å²) < 4.78 is 5.14. The van der Waals surface area contributed by atoms with Crippen LogP contribution in [-0.4, -0.2) is 38.8 Å². The first kappa shape index (κ1) is 16.9. The summed E-state index contributed by atoms with van der Waals surface area (Å²) in [5.74, 6) is 1.04. The van der Waals surface area contributed by atoms with Gasteiger partial charge in [0.15, 0.2) is 0 Å². The fourth-order valence-electron chi connectivity index (χ4n) is 2.07. The summed E-state index contributed by atoms with van der Waals surface area (Å²) in [5, 5.41) is 3.46. The average Bonchev–Trinajstić information content (AvgIpc) is 2.45. The molecule has 0 atom stereocenters. The van der Waals surface area contributed by atoms with Gasteiger partial charge in [-0.1, -0.05) is 20.3 Å². The Morgan fingerprint density at radius 3 is 2.70 bits per heavy atom. The minimum absolute atomic E-state index is 0.722. The monoisotopic (exact) mass is 279 g/mol. The second-order valence-electron chi connectivity index (χ2n) is 5.17. The Morgan fingerprint density at radius 1 is 1.25 bits per heavy atom. The van der Waals surface area contributed by atoms with E-state index in [0.29, 0.717) is 0 Å². The van der Waals surface area contributed by atoms with Crippen molar-refractivity contribution in [2.75, 3.05) is 38.8 Å². The largest absolute Gasteiger partial charge is 0.383 e. The fourth-order valence-corrected chi connectivity index (χ4v) is 2.07. The van der Waals surface area contributed by atoms with E-state index in [1.165, 1.54) is 11.3 Å². The van der Waals surface area contributed by atoms with E-state index in [0.717, 1.165) is 51.3 Å². The number of nitrogens with zero attached hydrogens (tertiary/aromatic N) is 2. The van der Waals surface area contributed by atoms with E-state index >= 15 is 0 Å². The van der Waals surface area contributed by atoms with Crippen LogP contribution in [0.2, 0.25) is 0 Å². The summed E-state index contributed by atoms with van der Waals surface area (Å²) in [6, 6.07) is 4.40. The number of hydrogen-bond acceptors (Lipinski definition) is 4. The Bertz CT molecular complexity index is 382. The molecule has 0 aliphatic carbocycles. The first-order chi connectivity index (χ1) is 9.71. The smallest absolute Gasteiger partial charge is 0.128 e. The third-order valence-corrected chi connectivity index (χ3v) is 3.21. The number of anilines is 1. The standard InChI is InChI=1S/C16H29N3O/c1-5-7-15-11-14(13-17-8-6-2)12-16(18-15)19(3)9-10-20-4/h11-12,17H,5-10,13H2,1-4H3. The van der Waals surface area contributed by atoms with Crippen LogP contribution in [0.3, 0.4) is 0 Å². The summed E-state index contributed by atoms with van der Waals surface area (Å²) in [6.07, 6.45) is 3.32. The fraction of sp³-hybridized carbons (Fsp3) is 0.688. The van der Waals surface area contributed by atoms with Crippen molar-refractivity contribution in [1.29, 1.82) is 0 Å². The van der Waals surface area contributed by atoms with Crippen LogP contribution in [0.25, 0.3) is 0 Å². The van der Waals surface area contributed by atoms with E-state index in [2.05, 4.69) is 43.2 Å². The van der Waals surface area contributed by atoms with Crippen LogP contribution in [0.4, 0.5) is 5.82 Å². The molecule has 0 bridgehead atoms. The molecule has 114 valence electrons. The molecule has 20 heavy (non-hydrogen) atoms. The van der Waals surface area contributed by atoms with Gasteiger partial charge in [0.1, 0.15) is 5.82 Å². The van der Waals surface area contributed by atoms with E-state index in [1.54, 1.807) is 7.11 Å². The molecule has 0 saturated heterocycles. The highest BCUT2D eigenvalue weighted by Crippen LogP contribution is 2.15. The van der Waals surface area contributed by atoms with Crippen molar-refractivity contribution in [3.8, 4) is 0 Å². The molecule has 0 aliphatic rings. The molecule has 0 aliphatic heterocycles. The molecule has 0 unspecified atom stereocenters. The lowest BCUT2D eigenvalue weighted by Gasteiger charge is -2.19. The van der Waals surface area contributed by atoms with E-state index in [-0.39, 0.29) is 0 Å². The van der Waals surface area contributed by atoms with Crippen molar-refractivity contribution in [3.63, 3.8) is 0 Å². The molecule has 0 aromatic carbocycles. The van der Waals surface area contributed by atoms with Crippen LogP contribution in [0.15, 0.2) is 12.1 Å². The van der Waals surface area contributed by atoms with Crippen LogP contribution < -0.4 is 10.2 Å². The summed E-state index contributed by atoms with van der Waals surface area (Å²) in [5.41, 5.74) is 2.50. The van der Waals surface area contributed by atoms with Crippen molar-refractivity contribution in [3.05, 3.63) is 23.4 Å². The molecule has 0 spiro atoms. The Labute approximate surface area is 123 Å². The molecule has 1 aromatic rings. The maximum atomic E-state index is 5.14. The molecular weight excluding hydrogens is 250 g/mol. The third kappa shape index (κ3) is 5.88. The highest BCUT2D eigenvalue weighted by atomic mass is 16.5. The van der Waals surface area contributed by atoms with Crippen LogP contribution in [0.5, 0.6) is 0 Å². The number of methoxy groups -OCH3 is 1. The van der Waals surface area contributed by atoms with E-state index in [1.807, 2.05) is 0 Å². The number of aryl methyl sites for hydroxylation is 1. The predicted molar refractivity (Wildman–Crippen MR) is 85.4 cm³/mol. The quantitative estimate of drug-likeness (QED) is 0.668. The van der Waals surface area contributed by atoms with Crippen LogP contribution in [0.1, 0.15) is 37.9 Å². The van der Waals surface area contributed by atoms with Crippen molar-refractivity contribution in [1.82, 2.24) is 10.3 Å². The molecule has 0 amide bonds. The number of pyridine rings is 1. The summed E-state index contributed by atoms with van der Waals surface area (Å²) in [6.45, 7) is 7.93. The number of ether oxygens (including phenoxy) is 1. The van der Waals surface area contributed by atoms with Gasteiger partial charge in [-0.3, -0.25) is 0 Å². The van der Waals surface area contributed by atoms with Gasteiger partial charge in [0.25, 0.3) is 0 Å². The molecule has 0 saturated carbocycles. The zero-order chi connectivity index (χ0) is 14.8. The zero-order valence-electron chi connectivity index (χ0n) is 13.4. The second-order valence-corrected chi connectivity index (χ2v) is 5.17. The van der Waals surface area contributed by atoms with Crippen molar-refractivity contribution in [2.45, 2.75) is 39.7 Å². The second kappa shape index (κ2) is 9.72. The molecule has 1 aromatic heterocycles. The van der Waals surface area contributed by atoms with E-state index in [9.17, 15) is 0 Å². The van der Waals surface area contributed by atoms with Gasteiger partial charge in [0.05, 0.1) is 6.61 Å². The van der Waals surface area contributed by atoms with E-state index < -0.39 is 0 Å². The Balaban J connectivity index is 2.80. The number of hydrogen-bond donors (Lipinski definition) is 1. The zero-order valence-corrected chi connectivity index (χ0v) is 13.4. The third-order valence-electron chi connectivity index (χ3n) is 3.21. The van der Waals surface area contributed by atoms with Gasteiger partial charge in [-0.05, 0) is 37.1 Å². The lowest BCUT2D eigenvalue weighted by atomic mass is 10.1. The first-order valence-electron chi connectivity index (χ1n) is 7.61. The predicted octanol–water partition coefficient (Wildman–Crippen LogP) is 2.62. The maximum absolute atomic E-state index is 5.14. The minimum Gasteiger partial charge on any atom is -0.383 e. The Kier molecular flexibility index (Phi) is 8.23. The van der Waals surface area contributed by atoms with Gasteiger partial charge >= 0.3 is 0 Å². The lowest BCUT2D eigenvalue weighted by molar-refractivity contribution is 0.206. The van der Waals surface area contributed by atoms with Crippen molar-refractivity contribution >= 4 is 5.82 Å². The summed E-state index contributed by atoms with van der Waals surface area (Å²) in [7, 11) is 3.80. The highest BCUT2D eigenvalue weighted by Gasteiger charge is 2.07. The summed E-state index contributed by atoms with van der Waals surface area (Å²) >= 11 is 0. The van der Waals surface area contributed by atoms with E-state index in [4.69, 9.17) is 9.72 Å². The van der Waals surface area contributed by atoms with Gasteiger partial charge in [-0.2, -0.15) is 0 Å². The van der Waals surface area contributed by atoms with Crippen molar-refractivity contribution < 1.29 is 4.74 Å². The average molecular weight is 279 g/mol. The maximum Gasteiger partial charge on any atom is 0.128 e. The van der Waals surface area contributed by atoms with Gasteiger partial charge in [0, 0.05) is 32.9 Å². The molecule has 1 rings (SSSR count). The summed E-state index contributed by atoms with van der Waals surface area (Å²) in [4.78, 5) is 6.91. The van der Waals surface area contributed by atoms with Crippen LogP contribution in [-0.2, 0) is 17.7 Å². The molecule has 0 fully saturated rings. The Hall–Kier alpha value is -1.13. The minimum atomic E-state index is 0.722. The Morgan fingerprint density at radius 2 is 2.05 bits per heavy atom. The molecule has 4 heteroatoms. The van der Waals surface area contributed by atoms with Gasteiger partial charge in [-0.15, -0.1) is 0 Å². The SMILES string of the molecule is CCCNCc1cc(CCC)nc(N(C)CCOC)c1. The number of aromatic nitrogens is 1. The normalized spacial score (nSPS) is 10.8. The van der Waals surface area contributed by atoms with Gasteiger partial charge < -0.3 is 15.0 Å². The highest BCUT2D eigenvalue weighted by molar-refractivity contribution is 5.42. The van der Waals surface area contributed by atoms with Gasteiger partial charge in [0.2, 0.25) is 0 Å². The molecular formula is C16H29N3O. The number of rotatable bonds is 10. The molecule has 0 radical (unpaired) electrons. The first-order valence-corrected chi connectivity index (χ1v) is 7.61. The van der Waals surface area contributed by atoms with Crippen LogP contribution in [0, 0.1) is 0 Å². The molecule has 1 heterocycles. The van der Waals surface area contributed by atoms with Gasteiger partial charge in [-0.25, -0.2) is 4.98 Å². The van der Waals surface area contributed by atoms with Crippen molar-refractivity contribution in [2.24, 2.45) is 0 Å². The molecule has 4 nitrogen and oxygen atoms in total.